The number of aryl methyl sites for hydroxylation is 1. The number of nitrogens with zero attached hydrogens (tertiary/aromatic N) is 4. The number of pyridine rings is 1. The number of primary amides is 1. The SMILES string of the molecule is NC(=O)Cn1ccnc1[C@H]1CCCN(C(=O)CCc2ccncc2)C1. The van der Waals surface area contributed by atoms with Gasteiger partial charge in [0, 0.05) is 50.2 Å². The van der Waals surface area contributed by atoms with Gasteiger partial charge in [-0.05, 0) is 37.0 Å². The topological polar surface area (TPSA) is 94.1 Å². The van der Waals surface area contributed by atoms with E-state index in [0.717, 1.165) is 37.2 Å². The quantitative estimate of drug-likeness (QED) is 0.851. The molecule has 0 saturated carbocycles. The summed E-state index contributed by atoms with van der Waals surface area (Å²) in [7, 11) is 0. The predicted molar refractivity (Wildman–Crippen MR) is 92.5 cm³/mol. The lowest BCUT2D eigenvalue weighted by atomic mass is 9.96. The molecule has 132 valence electrons. The summed E-state index contributed by atoms with van der Waals surface area (Å²) in [6.07, 6.45) is 10.1. The maximum absolute atomic E-state index is 12.6. The number of carbonyl (C=O) groups is 2. The van der Waals surface area contributed by atoms with E-state index in [1.54, 1.807) is 29.4 Å². The van der Waals surface area contributed by atoms with Gasteiger partial charge in [-0.3, -0.25) is 14.6 Å². The standard InChI is InChI=1S/C18H23N5O2/c19-16(24)13-23-11-9-21-18(23)15-2-1-10-22(12-15)17(25)4-3-14-5-7-20-8-6-14/h5-9,11,15H,1-4,10,12-13H2,(H2,19,24)/t15-/m0/s1. The highest BCUT2D eigenvalue weighted by Crippen LogP contribution is 2.26. The zero-order valence-corrected chi connectivity index (χ0v) is 14.2. The van der Waals surface area contributed by atoms with Crippen LogP contribution in [0.3, 0.4) is 0 Å². The first-order chi connectivity index (χ1) is 12.1. The summed E-state index contributed by atoms with van der Waals surface area (Å²) in [6.45, 7) is 1.55. The molecule has 7 nitrogen and oxygen atoms in total. The highest BCUT2D eigenvalue weighted by atomic mass is 16.2. The minimum absolute atomic E-state index is 0.127. The van der Waals surface area contributed by atoms with Crippen LogP contribution in [0.25, 0.3) is 0 Å². The molecular formula is C18H23N5O2. The van der Waals surface area contributed by atoms with Crippen molar-refractivity contribution in [2.45, 2.75) is 38.1 Å². The number of amides is 2. The second kappa shape index (κ2) is 7.92. The fourth-order valence-corrected chi connectivity index (χ4v) is 3.36. The van der Waals surface area contributed by atoms with Gasteiger partial charge >= 0.3 is 0 Å². The Morgan fingerprint density at radius 3 is 2.80 bits per heavy atom. The summed E-state index contributed by atoms with van der Waals surface area (Å²) in [5.41, 5.74) is 6.42. The number of rotatable bonds is 6. The fraction of sp³-hybridized carbons (Fsp3) is 0.444. The third kappa shape index (κ3) is 4.43. The lowest BCUT2D eigenvalue weighted by Gasteiger charge is -2.32. The Bertz CT molecular complexity index is 728. The molecule has 2 aromatic heterocycles. The van der Waals surface area contributed by atoms with Crippen LogP contribution in [0.1, 0.15) is 36.6 Å². The smallest absolute Gasteiger partial charge is 0.237 e. The molecule has 1 aliphatic heterocycles. The largest absolute Gasteiger partial charge is 0.368 e. The number of hydrogen-bond acceptors (Lipinski definition) is 4. The summed E-state index contributed by atoms with van der Waals surface area (Å²) in [6, 6.07) is 3.87. The first-order valence-electron chi connectivity index (χ1n) is 8.59. The van der Waals surface area contributed by atoms with Crippen molar-refractivity contribution >= 4 is 11.8 Å². The average Bonchev–Trinajstić information content (AvgIpc) is 3.08. The van der Waals surface area contributed by atoms with Crippen LogP contribution in [0.15, 0.2) is 36.9 Å². The molecule has 25 heavy (non-hydrogen) atoms. The molecule has 1 aliphatic rings. The Morgan fingerprint density at radius 2 is 2.04 bits per heavy atom. The molecule has 0 bridgehead atoms. The van der Waals surface area contributed by atoms with Crippen LogP contribution in [0.2, 0.25) is 0 Å². The molecule has 2 aromatic rings. The minimum Gasteiger partial charge on any atom is -0.368 e. The van der Waals surface area contributed by atoms with Crippen LogP contribution < -0.4 is 5.73 Å². The van der Waals surface area contributed by atoms with E-state index in [-0.39, 0.29) is 24.3 Å². The van der Waals surface area contributed by atoms with Gasteiger partial charge in [0.05, 0.1) is 0 Å². The molecule has 0 spiro atoms. The molecule has 0 unspecified atom stereocenters. The summed E-state index contributed by atoms with van der Waals surface area (Å²) < 4.78 is 1.79. The summed E-state index contributed by atoms with van der Waals surface area (Å²) in [4.78, 5) is 34.1. The number of likely N-dealkylation sites (tertiary alicyclic amines) is 1. The molecule has 1 saturated heterocycles. The van der Waals surface area contributed by atoms with Crippen LogP contribution in [0, 0.1) is 0 Å². The third-order valence-electron chi connectivity index (χ3n) is 4.59. The van der Waals surface area contributed by atoms with Gasteiger partial charge in [0.2, 0.25) is 11.8 Å². The van der Waals surface area contributed by atoms with Gasteiger partial charge in [0.25, 0.3) is 0 Å². The highest BCUT2D eigenvalue weighted by molar-refractivity contribution is 5.76. The van der Waals surface area contributed by atoms with E-state index in [0.29, 0.717) is 13.0 Å². The maximum Gasteiger partial charge on any atom is 0.237 e. The predicted octanol–water partition coefficient (Wildman–Crippen LogP) is 1.10. The Hall–Kier alpha value is -2.70. The summed E-state index contributed by atoms with van der Waals surface area (Å²) in [5, 5.41) is 0. The van der Waals surface area contributed by atoms with E-state index in [1.807, 2.05) is 17.0 Å². The second-order valence-corrected chi connectivity index (χ2v) is 6.41. The van der Waals surface area contributed by atoms with Crippen molar-refractivity contribution in [2.75, 3.05) is 13.1 Å². The van der Waals surface area contributed by atoms with Crippen molar-refractivity contribution < 1.29 is 9.59 Å². The monoisotopic (exact) mass is 341 g/mol. The minimum atomic E-state index is -0.389. The number of imidazole rings is 1. The van der Waals surface area contributed by atoms with E-state index in [2.05, 4.69) is 9.97 Å². The third-order valence-corrected chi connectivity index (χ3v) is 4.59. The molecule has 7 heteroatoms. The first-order valence-corrected chi connectivity index (χ1v) is 8.59. The van der Waals surface area contributed by atoms with E-state index < -0.39 is 0 Å². The molecule has 0 aromatic carbocycles. The van der Waals surface area contributed by atoms with E-state index in [9.17, 15) is 9.59 Å². The van der Waals surface area contributed by atoms with Crippen molar-refractivity contribution in [1.82, 2.24) is 19.4 Å². The number of hydrogen-bond donors (Lipinski definition) is 1. The molecule has 3 rings (SSSR count). The number of carbonyl (C=O) groups excluding carboxylic acids is 2. The molecule has 3 heterocycles. The van der Waals surface area contributed by atoms with Crippen molar-refractivity contribution in [3.63, 3.8) is 0 Å². The fourth-order valence-electron chi connectivity index (χ4n) is 3.36. The van der Waals surface area contributed by atoms with Crippen LogP contribution in [0.5, 0.6) is 0 Å². The van der Waals surface area contributed by atoms with E-state index in [1.165, 1.54) is 0 Å². The van der Waals surface area contributed by atoms with Gasteiger partial charge in [-0.25, -0.2) is 4.98 Å². The van der Waals surface area contributed by atoms with Gasteiger partial charge in [-0.1, -0.05) is 0 Å². The zero-order chi connectivity index (χ0) is 17.6. The molecule has 1 atom stereocenters. The molecule has 2 N–H and O–H groups in total. The Balaban J connectivity index is 1.60. The van der Waals surface area contributed by atoms with Crippen molar-refractivity contribution in [3.8, 4) is 0 Å². The summed E-state index contributed by atoms with van der Waals surface area (Å²) in [5.74, 6) is 0.758. The lowest BCUT2D eigenvalue weighted by molar-refractivity contribution is -0.132. The highest BCUT2D eigenvalue weighted by Gasteiger charge is 2.27. The van der Waals surface area contributed by atoms with E-state index >= 15 is 0 Å². The Labute approximate surface area is 146 Å². The zero-order valence-electron chi connectivity index (χ0n) is 14.2. The van der Waals surface area contributed by atoms with Crippen molar-refractivity contribution in [1.29, 1.82) is 0 Å². The van der Waals surface area contributed by atoms with Crippen LogP contribution in [-0.2, 0) is 22.6 Å². The molecule has 0 aliphatic carbocycles. The van der Waals surface area contributed by atoms with E-state index in [4.69, 9.17) is 5.73 Å². The number of nitrogens with two attached hydrogens (primary N) is 1. The van der Waals surface area contributed by atoms with Crippen molar-refractivity contribution in [3.05, 3.63) is 48.3 Å². The maximum atomic E-state index is 12.6. The molecular weight excluding hydrogens is 318 g/mol. The van der Waals surface area contributed by atoms with Gasteiger partial charge in [0.1, 0.15) is 12.4 Å². The van der Waals surface area contributed by atoms with Crippen LogP contribution >= 0.6 is 0 Å². The van der Waals surface area contributed by atoms with Gasteiger partial charge in [0.15, 0.2) is 0 Å². The molecule has 2 amide bonds. The Morgan fingerprint density at radius 1 is 1.24 bits per heavy atom. The molecule has 0 radical (unpaired) electrons. The number of piperidine rings is 1. The number of aromatic nitrogens is 3. The van der Waals surface area contributed by atoms with Crippen LogP contribution in [-0.4, -0.2) is 44.3 Å². The second-order valence-electron chi connectivity index (χ2n) is 6.41. The Kier molecular flexibility index (Phi) is 5.42. The van der Waals surface area contributed by atoms with Gasteiger partial charge in [-0.2, -0.15) is 0 Å². The van der Waals surface area contributed by atoms with Crippen molar-refractivity contribution in [2.24, 2.45) is 5.73 Å². The average molecular weight is 341 g/mol. The normalized spacial score (nSPS) is 17.4. The summed E-state index contributed by atoms with van der Waals surface area (Å²) >= 11 is 0. The molecule has 1 fully saturated rings. The van der Waals surface area contributed by atoms with Gasteiger partial charge in [-0.15, -0.1) is 0 Å². The van der Waals surface area contributed by atoms with Crippen LogP contribution in [0.4, 0.5) is 0 Å². The van der Waals surface area contributed by atoms with Gasteiger partial charge < -0.3 is 15.2 Å². The first kappa shape index (κ1) is 17.1. The lowest BCUT2D eigenvalue weighted by Crippen LogP contribution is -2.40.